The van der Waals surface area contributed by atoms with Crippen molar-refractivity contribution in [2.75, 3.05) is 11.9 Å². The van der Waals surface area contributed by atoms with Crippen molar-refractivity contribution in [1.82, 2.24) is 0 Å². The first-order valence-corrected chi connectivity index (χ1v) is 7.55. The molecule has 110 valence electrons. The molecule has 0 saturated heterocycles. The Bertz CT molecular complexity index is 466. The molecule has 0 atom stereocenters. The van der Waals surface area contributed by atoms with E-state index in [2.05, 4.69) is 12.2 Å². The summed E-state index contributed by atoms with van der Waals surface area (Å²) in [7, 11) is 0. The van der Waals surface area contributed by atoms with Gasteiger partial charge in [-0.05, 0) is 36.8 Å². The van der Waals surface area contributed by atoms with E-state index in [1.807, 2.05) is 19.1 Å². The van der Waals surface area contributed by atoms with Crippen LogP contribution in [-0.2, 0) is 0 Å². The Kier molecular flexibility index (Phi) is 4.99. The van der Waals surface area contributed by atoms with Gasteiger partial charge in [-0.3, -0.25) is 10.1 Å². The summed E-state index contributed by atoms with van der Waals surface area (Å²) in [6, 6.07) is 5.36. The topological polar surface area (TPSA) is 55.2 Å². The minimum Gasteiger partial charge on any atom is -0.379 e. The average molecular weight is 276 g/mol. The largest absolute Gasteiger partial charge is 0.379 e. The summed E-state index contributed by atoms with van der Waals surface area (Å²) in [6.07, 6.45) is 6.38. The number of benzene rings is 1. The van der Waals surface area contributed by atoms with E-state index in [0.717, 1.165) is 30.4 Å². The van der Waals surface area contributed by atoms with Crippen molar-refractivity contribution in [1.29, 1.82) is 0 Å². The summed E-state index contributed by atoms with van der Waals surface area (Å²) in [4.78, 5) is 10.7. The quantitative estimate of drug-likeness (QED) is 0.635. The second-order valence-electron chi connectivity index (χ2n) is 6.12. The van der Waals surface area contributed by atoms with Crippen LogP contribution in [0.4, 0.5) is 11.4 Å². The minimum absolute atomic E-state index is 0.183. The molecule has 1 saturated carbocycles. The Morgan fingerprint density at radius 2 is 2.00 bits per heavy atom. The predicted octanol–water partition coefficient (Wildman–Crippen LogP) is 4.53. The van der Waals surface area contributed by atoms with Crippen molar-refractivity contribution in [3.05, 3.63) is 33.9 Å². The molecule has 0 radical (unpaired) electrons. The van der Waals surface area contributed by atoms with Crippen molar-refractivity contribution in [3.8, 4) is 0 Å². The zero-order valence-electron chi connectivity index (χ0n) is 12.4. The van der Waals surface area contributed by atoms with Gasteiger partial charge in [-0.15, -0.1) is 0 Å². The van der Waals surface area contributed by atoms with Crippen LogP contribution in [0.5, 0.6) is 0 Å². The Labute approximate surface area is 120 Å². The van der Waals surface area contributed by atoms with Crippen LogP contribution < -0.4 is 5.32 Å². The molecule has 0 unspecified atom stereocenters. The fourth-order valence-corrected chi connectivity index (χ4v) is 2.97. The molecule has 0 aliphatic heterocycles. The second-order valence-corrected chi connectivity index (χ2v) is 6.12. The maximum absolute atomic E-state index is 11.0. The smallest absolute Gasteiger partial charge is 0.292 e. The molecule has 4 nitrogen and oxygen atoms in total. The zero-order chi connectivity index (χ0) is 14.5. The lowest BCUT2D eigenvalue weighted by Crippen LogP contribution is -2.16. The van der Waals surface area contributed by atoms with Gasteiger partial charge in [-0.1, -0.05) is 38.7 Å². The standard InChI is InChI=1S/C16H24N2O2/c1-12-3-6-14(7-4-12)9-10-17-15-8-5-13(2)11-16(15)18(19)20/h5,8,11-12,14,17H,3-4,6-7,9-10H2,1-2H3. The Balaban J connectivity index is 1.86. The van der Waals surface area contributed by atoms with Gasteiger partial charge in [0.25, 0.3) is 5.69 Å². The molecule has 0 spiro atoms. The van der Waals surface area contributed by atoms with E-state index in [4.69, 9.17) is 0 Å². The third-order valence-electron chi connectivity index (χ3n) is 4.35. The maximum Gasteiger partial charge on any atom is 0.292 e. The summed E-state index contributed by atoms with van der Waals surface area (Å²) >= 11 is 0. The van der Waals surface area contributed by atoms with Crippen molar-refractivity contribution >= 4 is 11.4 Å². The van der Waals surface area contributed by atoms with E-state index < -0.39 is 0 Å². The highest BCUT2D eigenvalue weighted by atomic mass is 16.6. The molecule has 1 fully saturated rings. The van der Waals surface area contributed by atoms with E-state index in [0.29, 0.717) is 5.69 Å². The molecule has 0 heterocycles. The van der Waals surface area contributed by atoms with E-state index in [-0.39, 0.29) is 10.6 Å². The number of hydrogen-bond acceptors (Lipinski definition) is 3. The molecule has 20 heavy (non-hydrogen) atoms. The van der Waals surface area contributed by atoms with Gasteiger partial charge in [0.2, 0.25) is 0 Å². The van der Waals surface area contributed by atoms with Gasteiger partial charge in [-0.25, -0.2) is 0 Å². The molecule has 1 aliphatic rings. The minimum atomic E-state index is -0.308. The number of aryl methyl sites for hydroxylation is 1. The van der Waals surface area contributed by atoms with Crippen LogP contribution in [0.2, 0.25) is 0 Å². The van der Waals surface area contributed by atoms with E-state index in [1.165, 1.54) is 25.7 Å². The SMILES string of the molecule is Cc1ccc(NCCC2CCC(C)CC2)c([N+](=O)[O-])c1. The first-order valence-electron chi connectivity index (χ1n) is 7.55. The van der Waals surface area contributed by atoms with E-state index in [1.54, 1.807) is 6.07 Å². The lowest BCUT2D eigenvalue weighted by molar-refractivity contribution is -0.384. The molecule has 1 N–H and O–H groups in total. The average Bonchev–Trinajstić information content (AvgIpc) is 2.42. The molecule has 0 bridgehead atoms. The molecular weight excluding hydrogens is 252 g/mol. The maximum atomic E-state index is 11.0. The van der Waals surface area contributed by atoms with Crippen LogP contribution in [0.25, 0.3) is 0 Å². The van der Waals surface area contributed by atoms with Crippen LogP contribution in [0.3, 0.4) is 0 Å². The predicted molar refractivity (Wildman–Crippen MR) is 82.1 cm³/mol. The van der Waals surface area contributed by atoms with Gasteiger partial charge in [-0.2, -0.15) is 0 Å². The van der Waals surface area contributed by atoms with Crippen LogP contribution >= 0.6 is 0 Å². The third-order valence-corrected chi connectivity index (χ3v) is 4.35. The van der Waals surface area contributed by atoms with Crippen molar-refractivity contribution < 1.29 is 4.92 Å². The highest BCUT2D eigenvalue weighted by Gasteiger charge is 2.18. The first-order chi connectivity index (χ1) is 9.56. The van der Waals surface area contributed by atoms with Crippen LogP contribution in [0.15, 0.2) is 18.2 Å². The number of nitrogens with one attached hydrogen (secondary N) is 1. The highest BCUT2D eigenvalue weighted by Crippen LogP contribution is 2.31. The summed E-state index contributed by atoms with van der Waals surface area (Å²) in [5.74, 6) is 1.65. The first kappa shape index (κ1) is 14.8. The molecule has 1 aliphatic carbocycles. The summed E-state index contributed by atoms with van der Waals surface area (Å²) in [5.41, 5.74) is 1.75. The molecule has 0 amide bonds. The number of nitro benzene ring substituents is 1. The van der Waals surface area contributed by atoms with Crippen molar-refractivity contribution in [2.24, 2.45) is 11.8 Å². The monoisotopic (exact) mass is 276 g/mol. The molecule has 2 rings (SSSR count). The van der Waals surface area contributed by atoms with Gasteiger partial charge >= 0.3 is 0 Å². The molecule has 4 heteroatoms. The second kappa shape index (κ2) is 6.73. The molecule has 1 aromatic carbocycles. The summed E-state index contributed by atoms with van der Waals surface area (Å²) in [6.45, 7) is 5.02. The third kappa shape index (κ3) is 3.95. The fraction of sp³-hybridized carbons (Fsp3) is 0.625. The number of hydrogen-bond donors (Lipinski definition) is 1. The van der Waals surface area contributed by atoms with Crippen LogP contribution in [-0.4, -0.2) is 11.5 Å². The number of nitrogens with zero attached hydrogens (tertiary/aromatic N) is 1. The van der Waals surface area contributed by atoms with Gasteiger partial charge in [0, 0.05) is 12.6 Å². The summed E-state index contributed by atoms with van der Waals surface area (Å²) < 4.78 is 0. The molecule has 1 aromatic rings. The highest BCUT2D eigenvalue weighted by molar-refractivity contribution is 5.62. The van der Waals surface area contributed by atoms with Gasteiger partial charge < -0.3 is 5.32 Å². The van der Waals surface area contributed by atoms with Crippen LogP contribution in [0, 0.1) is 28.9 Å². The number of nitro groups is 1. The Morgan fingerprint density at radius 3 is 2.65 bits per heavy atom. The molecular formula is C16H24N2O2. The van der Waals surface area contributed by atoms with Gasteiger partial charge in [0.15, 0.2) is 0 Å². The normalized spacial score (nSPS) is 22.5. The Hall–Kier alpha value is -1.58. The van der Waals surface area contributed by atoms with Gasteiger partial charge in [0.1, 0.15) is 5.69 Å². The number of anilines is 1. The molecule has 0 aromatic heterocycles. The zero-order valence-corrected chi connectivity index (χ0v) is 12.4. The number of rotatable bonds is 5. The van der Waals surface area contributed by atoms with Crippen molar-refractivity contribution in [3.63, 3.8) is 0 Å². The van der Waals surface area contributed by atoms with E-state index in [9.17, 15) is 10.1 Å². The van der Waals surface area contributed by atoms with Gasteiger partial charge in [0.05, 0.1) is 4.92 Å². The van der Waals surface area contributed by atoms with E-state index >= 15 is 0 Å². The lowest BCUT2D eigenvalue weighted by atomic mass is 9.81. The Morgan fingerprint density at radius 1 is 1.30 bits per heavy atom. The lowest BCUT2D eigenvalue weighted by Gasteiger charge is -2.26. The summed E-state index contributed by atoms with van der Waals surface area (Å²) in [5, 5.41) is 14.3. The fourth-order valence-electron chi connectivity index (χ4n) is 2.97. The van der Waals surface area contributed by atoms with Crippen molar-refractivity contribution in [2.45, 2.75) is 46.0 Å². The van der Waals surface area contributed by atoms with Crippen LogP contribution in [0.1, 0.15) is 44.6 Å².